The molecule has 0 saturated carbocycles. The van der Waals surface area contributed by atoms with Crippen LogP contribution in [0.3, 0.4) is 0 Å². The Morgan fingerprint density at radius 3 is 2.60 bits per heavy atom. The number of alkyl halides is 3. The number of benzene rings is 1. The minimum absolute atomic E-state index is 0.0259. The van der Waals surface area contributed by atoms with Gasteiger partial charge < -0.3 is 14.6 Å². The molecule has 1 saturated heterocycles. The molecular weight excluding hydrogens is 447 g/mol. The predicted molar refractivity (Wildman–Crippen MR) is 101 cm³/mol. The number of carbonyl (C=O) groups excluding carboxylic acids is 1. The van der Waals surface area contributed by atoms with Crippen molar-refractivity contribution in [2.24, 2.45) is 7.05 Å². The zero-order chi connectivity index (χ0) is 21.9. The summed E-state index contributed by atoms with van der Waals surface area (Å²) in [6.45, 7) is 1.11. The van der Waals surface area contributed by atoms with Crippen LogP contribution in [-0.4, -0.2) is 65.5 Å². The third kappa shape index (κ3) is 5.11. The summed E-state index contributed by atoms with van der Waals surface area (Å²) in [6, 6.07) is 5.77. The topological polar surface area (TPSA) is 106 Å². The molecule has 9 nitrogen and oxygen atoms in total. The van der Waals surface area contributed by atoms with Crippen molar-refractivity contribution in [2.45, 2.75) is 16.2 Å². The highest BCUT2D eigenvalue weighted by molar-refractivity contribution is 7.99. The van der Waals surface area contributed by atoms with E-state index in [1.165, 1.54) is 28.6 Å². The molecule has 2 aromatic rings. The van der Waals surface area contributed by atoms with Crippen LogP contribution in [0.1, 0.15) is 5.82 Å². The maximum atomic E-state index is 12.7. The van der Waals surface area contributed by atoms with E-state index in [1.807, 2.05) is 0 Å². The van der Waals surface area contributed by atoms with Crippen LogP contribution in [-0.2, 0) is 32.8 Å². The van der Waals surface area contributed by atoms with Crippen molar-refractivity contribution in [3.63, 3.8) is 0 Å². The quantitative estimate of drug-likeness (QED) is 0.646. The Morgan fingerprint density at radius 2 is 1.97 bits per heavy atom. The normalized spacial score (nSPS) is 15.9. The van der Waals surface area contributed by atoms with Crippen LogP contribution in [0.15, 0.2) is 34.3 Å². The Labute approximate surface area is 174 Å². The number of anilines is 1. The first-order valence-electron chi connectivity index (χ1n) is 8.66. The molecule has 1 aliphatic heterocycles. The number of amides is 1. The third-order valence-corrected chi connectivity index (χ3v) is 7.06. The van der Waals surface area contributed by atoms with Gasteiger partial charge in [0.15, 0.2) is 5.16 Å². The van der Waals surface area contributed by atoms with Crippen molar-refractivity contribution in [3.8, 4) is 0 Å². The number of aromatic nitrogens is 3. The van der Waals surface area contributed by atoms with E-state index in [0.29, 0.717) is 13.2 Å². The summed E-state index contributed by atoms with van der Waals surface area (Å²) >= 11 is 0.781. The molecule has 3 rings (SSSR count). The summed E-state index contributed by atoms with van der Waals surface area (Å²) in [7, 11) is -2.57. The molecule has 1 aromatic carbocycles. The summed E-state index contributed by atoms with van der Waals surface area (Å²) in [5.41, 5.74) is 0.254. The fraction of sp³-hybridized carbons (Fsp3) is 0.438. The molecule has 14 heteroatoms. The van der Waals surface area contributed by atoms with Crippen LogP contribution in [0.4, 0.5) is 18.9 Å². The second kappa shape index (κ2) is 8.91. The summed E-state index contributed by atoms with van der Waals surface area (Å²) in [5.74, 6) is -1.92. The van der Waals surface area contributed by atoms with E-state index in [-0.39, 0.29) is 34.6 Å². The molecule has 0 unspecified atom stereocenters. The van der Waals surface area contributed by atoms with Gasteiger partial charge in [-0.2, -0.15) is 17.5 Å². The van der Waals surface area contributed by atoms with Crippen LogP contribution in [0, 0.1) is 0 Å². The SMILES string of the molecule is Cn1c(SCC(=O)Nc2cccc(S(=O)(=O)N3CCOCC3)c2)nnc1C(F)(F)F. The van der Waals surface area contributed by atoms with Gasteiger partial charge in [-0.1, -0.05) is 17.8 Å². The maximum Gasteiger partial charge on any atom is 0.451 e. The van der Waals surface area contributed by atoms with E-state index in [0.717, 1.165) is 23.4 Å². The number of halogens is 3. The molecule has 0 spiro atoms. The molecular formula is C16H18F3N5O4S2. The van der Waals surface area contributed by atoms with Gasteiger partial charge in [0.25, 0.3) is 0 Å². The average molecular weight is 465 g/mol. The van der Waals surface area contributed by atoms with Crippen LogP contribution in [0.25, 0.3) is 0 Å². The Bertz CT molecular complexity index is 1020. The number of carbonyl (C=O) groups is 1. The number of hydrogen-bond acceptors (Lipinski definition) is 7. The number of rotatable bonds is 6. The second-order valence-electron chi connectivity index (χ2n) is 6.24. The van der Waals surface area contributed by atoms with Gasteiger partial charge in [-0.15, -0.1) is 10.2 Å². The number of nitrogens with zero attached hydrogens (tertiary/aromatic N) is 4. The number of nitrogens with one attached hydrogen (secondary N) is 1. The molecule has 1 aliphatic rings. The monoisotopic (exact) mass is 465 g/mol. The lowest BCUT2D eigenvalue weighted by Gasteiger charge is -2.26. The van der Waals surface area contributed by atoms with E-state index in [1.54, 1.807) is 0 Å². The summed E-state index contributed by atoms with van der Waals surface area (Å²) in [4.78, 5) is 12.2. The first kappa shape index (κ1) is 22.5. The Kier molecular flexibility index (Phi) is 6.69. The molecule has 0 aliphatic carbocycles. The zero-order valence-electron chi connectivity index (χ0n) is 15.7. The lowest BCUT2D eigenvalue weighted by Crippen LogP contribution is -2.40. The fourth-order valence-electron chi connectivity index (χ4n) is 2.68. The lowest BCUT2D eigenvalue weighted by atomic mass is 10.3. The molecule has 30 heavy (non-hydrogen) atoms. The molecule has 0 bridgehead atoms. The largest absolute Gasteiger partial charge is 0.451 e. The standard InChI is InChI=1S/C16H18F3N5O4S2/c1-23-14(16(17,18)19)21-22-15(23)29-10-13(25)20-11-3-2-4-12(9-11)30(26,27)24-5-7-28-8-6-24/h2-4,9H,5-8,10H2,1H3,(H,20,25). The average Bonchev–Trinajstić information content (AvgIpc) is 3.08. The van der Waals surface area contributed by atoms with Gasteiger partial charge in [0, 0.05) is 25.8 Å². The van der Waals surface area contributed by atoms with Crippen LogP contribution < -0.4 is 5.32 Å². The summed E-state index contributed by atoms with van der Waals surface area (Å²) in [5, 5.41) is 9.00. The van der Waals surface area contributed by atoms with Crippen LogP contribution >= 0.6 is 11.8 Å². The number of ether oxygens (including phenoxy) is 1. The number of morpholine rings is 1. The summed E-state index contributed by atoms with van der Waals surface area (Å²) < 4.78 is 70.9. The molecule has 1 fully saturated rings. The molecule has 2 heterocycles. The molecule has 1 N–H and O–H groups in total. The van der Waals surface area contributed by atoms with E-state index in [2.05, 4.69) is 15.5 Å². The molecule has 0 atom stereocenters. The minimum atomic E-state index is -4.64. The molecule has 1 amide bonds. The highest BCUT2D eigenvalue weighted by Gasteiger charge is 2.37. The van der Waals surface area contributed by atoms with Gasteiger partial charge in [-0.3, -0.25) is 4.79 Å². The van der Waals surface area contributed by atoms with E-state index in [4.69, 9.17) is 4.74 Å². The lowest BCUT2D eigenvalue weighted by molar-refractivity contribution is -0.147. The number of hydrogen-bond donors (Lipinski definition) is 1. The minimum Gasteiger partial charge on any atom is -0.379 e. The van der Waals surface area contributed by atoms with Crippen molar-refractivity contribution >= 4 is 33.4 Å². The van der Waals surface area contributed by atoms with E-state index < -0.39 is 27.9 Å². The highest BCUT2D eigenvalue weighted by Crippen LogP contribution is 2.29. The predicted octanol–water partition coefficient (Wildman–Crippen LogP) is 1.59. The van der Waals surface area contributed by atoms with Crippen molar-refractivity contribution in [2.75, 3.05) is 37.4 Å². The zero-order valence-corrected chi connectivity index (χ0v) is 17.4. The van der Waals surface area contributed by atoms with Gasteiger partial charge >= 0.3 is 6.18 Å². The van der Waals surface area contributed by atoms with Gasteiger partial charge in [-0.05, 0) is 18.2 Å². The molecule has 0 radical (unpaired) electrons. The molecule has 1 aromatic heterocycles. The maximum absolute atomic E-state index is 12.7. The van der Waals surface area contributed by atoms with Crippen molar-refractivity contribution in [3.05, 3.63) is 30.1 Å². The molecule has 164 valence electrons. The van der Waals surface area contributed by atoms with Gasteiger partial charge in [0.2, 0.25) is 21.8 Å². The van der Waals surface area contributed by atoms with Crippen molar-refractivity contribution < 1.29 is 31.1 Å². The third-order valence-electron chi connectivity index (χ3n) is 4.15. The fourth-order valence-corrected chi connectivity index (χ4v) is 4.85. The first-order chi connectivity index (χ1) is 14.1. The summed E-state index contributed by atoms with van der Waals surface area (Å²) in [6.07, 6.45) is -4.64. The van der Waals surface area contributed by atoms with Crippen LogP contribution in [0.2, 0.25) is 0 Å². The van der Waals surface area contributed by atoms with Crippen molar-refractivity contribution in [1.29, 1.82) is 0 Å². The Morgan fingerprint density at radius 1 is 1.27 bits per heavy atom. The van der Waals surface area contributed by atoms with E-state index in [9.17, 15) is 26.4 Å². The van der Waals surface area contributed by atoms with Gasteiger partial charge in [-0.25, -0.2) is 8.42 Å². The van der Waals surface area contributed by atoms with Gasteiger partial charge in [0.1, 0.15) is 0 Å². The smallest absolute Gasteiger partial charge is 0.379 e. The number of thioether (sulfide) groups is 1. The Hall–Kier alpha value is -2.16. The first-order valence-corrected chi connectivity index (χ1v) is 11.1. The van der Waals surface area contributed by atoms with Gasteiger partial charge in [0.05, 0.1) is 23.9 Å². The second-order valence-corrected chi connectivity index (χ2v) is 9.12. The Balaban J connectivity index is 1.64. The van der Waals surface area contributed by atoms with Crippen molar-refractivity contribution in [1.82, 2.24) is 19.1 Å². The number of sulfonamides is 1. The van der Waals surface area contributed by atoms with Crippen LogP contribution in [0.5, 0.6) is 0 Å². The van der Waals surface area contributed by atoms with E-state index >= 15 is 0 Å². The highest BCUT2D eigenvalue weighted by atomic mass is 32.2.